The normalized spacial score (nSPS) is 10.2. The third-order valence-corrected chi connectivity index (χ3v) is 1.49. The van der Waals surface area contributed by atoms with Crippen LogP contribution in [-0.4, -0.2) is 15.3 Å². The minimum absolute atomic E-state index is 0.0944. The predicted molar refractivity (Wildman–Crippen MR) is 41.4 cm³/mol. The zero-order valence-corrected chi connectivity index (χ0v) is 6.44. The SMILES string of the molecule is Oc1nnc(-c2cccc(F)c2)o1. The zero-order chi connectivity index (χ0) is 9.26. The first kappa shape index (κ1) is 7.72. The summed E-state index contributed by atoms with van der Waals surface area (Å²) in [4.78, 5) is 0. The van der Waals surface area contributed by atoms with Crippen LogP contribution in [0.2, 0.25) is 0 Å². The molecule has 1 heterocycles. The van der Waals surface area contributed by atoms with Crippen molar-refractivity contribution >= 4 is 0 Å². The van der Waals surface area contributed by atoms with Gasteiger partial charge >= 0.3 is 6.08 Å². The smallest absolute Gasteiger partial charge is 0.412 e. The summed E-state index contributed by atoms with van der Waals surface area (Å²) in [5.41, 5.74) is 0.438. The third kappa shape index (κ3) is 1.48. The Morgan fingerprint density at radius 2 is 2.15 bits per heavy atom. The van der Waals surface area contributed by atoms with Gasteiger partial charge in [-0.3, -0.25) is 0 Å². The highest BCUT2D eigenvalue weighted by Gasteiger charge is 2.07. The lowest BCUT2D eigenvalue weighted by atomic mass is 10.2. The van der Waals surface area contributed by atoms with Crippen LogP contribution in [0.15, 0.2) is 28.7 Å². The van der Waals surface area contributed by atoms with Gasteiger partial charge in [0.1, 0.15) is 5.82 Å². The number of halogens is 1. The maximum absolute atomic E-state index is 12.7. The Labute approximate surface area is 72.7 Å². The Kier molecular flexibility index (Phi) is 1.70. The molecule has 1 aromatic carbocycles. The van der Waals surface area contributed by atoms with E-state index in [1.807, 2.05) is 0 Å². The molecule has 0 aliphatic rings. The van der Waals surface area contributed by atoms with Gasteiger partial charge in [-0.1, -0.05) is 11.2 Å². The number of hydrogen-bond acceptors (Lipinski definition) is 4. The minimum Gasteiger partial charge on any atom is -0.465 e. The van der Waals surface area contributed by atoms with Crippen molar-refractivity contribution in [3.63, 3.8) is 0 Å². The highest BCUT2D eigenvalue weighted by Crippen LogP contribution is 2.20. The Balaban J connectivity index is 2.46. The molecule has 2 aromatic rings. The number of nitrogens with zero attached hydrogens (tertiary/aromatic N) is 2. The van der Waals surface area contributed by atoms with Crippen molar-refractivity contribution in [3.8, 4) is 17.5 Å². The predicted octanol–water partition coefficient (Wildman–Crippen LogP) is 1.58. The maximum Gasteiger partial charge on any atom is 0.412 e. The molecule has 1 aromatic heterocycles. The summed E-state index contributed by atoms with van der Waals surface area (Å²) in [6.45, 7) is 0. The van der Waals surface area contributed by atoms with Gasteiger partial charge in [-0.25, -0.2) is 4.39 Å². The first-order valence-electron chi connectivity index (χ1n) is 3.54. The van der Waals surface area contributed by atoms with E-state index in [1.165, 1.54) is 18.2 Å². The van der Waals surface area contributed by atoms with E-state index >= 15 is 0 Å². The molecule has 0 aliphatic heterocycles. The minimum atomic E-state index is -0.528. The van der Waals surface area contributed by atoms with E-state index < -0.39 is 11.9 Å². The van der Waals surface area contributed by atoms with E-state index in [1.54, 1.807) is 6.07 Å². The highest BCUT2D eigenvalue weighted by atomic mass is 19.1. The summed E-state index contributed by atoms with van der Waals surface area (Å²) in [5.74, 6) is -0.299. The van der Waals surface area contributed by atoms with Gasteiger partial charge in [0.05, 0.1) is 0 Å². The molecule has 0 saturated carbocycles. The van der Waals surface area contributed by atoms with Crippen LogP contribution in [0.3, 0.4) is 0 Å². The molecular formula is C8H5FN2O2. The molecule has 0 spiro atoms. The molecule has 0 saturated heterocycles. The third-order valence-electron chi connectivity index (χ3n) is 1.49. The monoisotopic (exact) mass is 180 g/mol. The molecule has 0 atom stereocenters. The van der Waals surface area contributed by atoms with Crippen molar-refractivity contribution < 1.29 is 13.9 Å². The van der Waals surface area contributed by atoms with E-state index in [9.17, 15) is 4.39 Å². The van der Waals surface area contributed by atoms with Crippen molar-refractivity contribution in [2.45, 2.75) is 0 Å². The van der Waals surface area contributed by atoms with Crippen LogP contribution in [0, 0.1) is 5.82 Å². The average Bonchev–Trinajstić information content (AvgIpc) is 2.52. The van der Waals surface area contributed by atoms with E-state index in [0.717, 1.165) is 0 Å². The molecule has 13 heavy (non-hydrogen) atoms. The van der Waals surface area contributed by atoms with E-state index in [0.29, 0.717) is 5.56 Å². The second-order valence-corrected chi connectivity index (χ2v) is 2.40. The fraction of sp³-hybridized carbons (Fsp3) is 0. The summed E-state index contributed by atoms with van der Waals surface area (Å²) >= 11 is 0. The van der Waals surface area contributed by atoms with Crippen LogP contribution in [0.1, 0.15) is 0 Å². The van der Waals surface area contributed by atoms with Crippen LogP contribution in [-0.2, 0) is 0 Å². The molecule has 0 amide bonds. The molecular weight excluding hydrogens is 175 g/mol. The lowest BCUT2D eigenvalue weighted by Gasteiger charge is -1.92. The first-order chi connectivity index (χ1) is 6.25. The molecule has 0 radical (unpaired) electrons. The number of rotatable bonds is 1. The summed E-state index contributed by atoms with van der Waals surface area (Å²) < 4.78 is 17.4. The molecule has 66 valence electrons. The second kappa shape index (κ2) is 2.85. The van der Waals surface area contributed by atoms with Gasteiger partial charge < -0.3 is 9.52 Å². The fourth-order valence-electron chi connectivity index (χ4n) is 0.954. The largest absolute Gasteiger partial charge is 0.465 e. The van der Waals surface area contributed by atoms with Crippen LogP contribution in [0.5, 0.6) is 6.08 Å². The van der Waals surface area contributed by atoms with Crippen LogP contribution in [0.25, 0.3) is 11.5 Å². The van der Waals surface area contributed by atoms with E-state index in [2.05, 4.69) is 10.2 Å². The first-order valence-corrected chi connectivity index (χ1v) is 3.54. The Morgan fingerprint density at radius 1 is 1.31 bits per heavy atom. The van der Waals surface area contributed by atoms with E-state index in [-0.39, 0.29) is 5.89 Å². The second-order valence-electron chi connectivity index (χ2n) is 2.40. The summed E-state index contributed by atoms with van der Waals surface area (Å²) in [7, 11) is 0. The quantitative estimate of drug-likeness (QED) is 0.723. The molecule has 4 nitrogen and oxygen atoms in total. The topological polar surface area (TPSA) is 59.2 Å². The van der Waals surface area contributed by atoms with Gasteiger partial charge in [-0.05, 0) is 18.2 Å². The van der Waals surface area contributed by atoms with Gasteiger partial charge in [0, 0.05) is 5.56 Å². The Bertz CT molecular complexity index is 428. The van der Waals surface area contributed by atoms with Crippen LogP contribution < -0.4 is 0 Å². The van der Waals surface area contributed by atoms with Crippen LogP contribution in [0.4, 0.5) is 4.39 Å². The van der Waals surface area contributed by atoms with Crippen molar-refractivity contribution in [2.75, 3.05) is 0 Å². The fourth-order valence-corrected chi connectivity index (χ4v) is 0.954. The van der Waals surface area contributed by atoms with Gasteiger partial charge in [0.2, 0.25) is 0 Å². The van der Waals surface area contributed by atoms with Crippen molar-refractivity contribution in [1.82, 2.24) is 10.2 Å². The number of benzene rings is 1. The van der Waals surface area contributed by atoms with Crippen molar-refractivity contribution in [3.05, 3.63) is 30.1 Å². The molecule has 2 rings (SSSR count). The highest BCUT2D eigenvalue weighted by molar-refractivity contribution is 5.52. The number of hydrogen-bond donors (Lipinski definition) is 1. The standard InChI is InChI=1S/C8H5FN2O2/c9-6-3-1-2-5(4-6)7-10-11-8(12)13-7/h1-4H,(H,11,12). The van der Waals surface area contributed by atoms with Crippen molar-refractivity contribution in [2.24, 2.45) is 0 Å². The summed E-state index contributed by atoms with van der Waals surface area (Å²) in [6.07, 6.45) is -0.528. The van der Waals surface area contributed by atoms with Gasteiger partial charge in [0.15, 0.2) is 0 Å². The van der Waals surface area contributed by atoms with Crippen molar-refractivity contribution in [1.29, 1.82) is 0 Å². The van der Waals surface area contributed by atoms with Crippen LogP contribution >= 0.6 is 0 Å². The van der Waals surface area contributed by atoms with Gasteiger partial charge in [0.25, 0.3) is 5.89 Å². The molecule has 0 aliphatic carbocycles. The summed E-state index contributed by atoms with van der Waals surface area (Å²) in [6, 6.07) is 5.68. The molecule has 1 N–H and O–H groups in total. The molecule has 0 unspecified atom stereocenters. The lowest BCUT2D eigenvalue weighted by Crippen LogP contribution is -1.79. The van der Waals surface area contributed by atoms with E-state index in [4.69, 9.17) is 9.52 Å². The average molecular weight is 180 g/mol. The zero-order valence-electron chi connectivity index (χ0n) is 6.44. The molecule has 5 heteroatoms. The Morgan fingerprint density at radius 3 is 2.77 bits per heavy atom. The molecule has 0 bridgehead atoms. The van der Waals surface area contributed by atoms with Gasteiger partial charge in [-0.2, -0.15) is 0 Å². The number of aromatic nitrogens is 2. The molecule has 0 fully saturated rings. The van der Waals surface area contributed by atoms with Gasteiger partial charge in [-0.15, -0.1) is 5.10 Å². The summed E-state index contributed by atoms with van der Waals surface area (Å²) in [5, 5.41) is 15.5. The lowest BCUT2D eigenvalue weighted by molar-refractivity contribution is 0.320. The maximum atomic E-state index is 12.7. The Hall–Kier alpha value is -1.91. The number of aromatic hydroxyl groups is 1.